The molecular weight excluding hydrogens is 268 g/mol. The van der Waals surface area contributed by atoms with Gasteiger partial charge in [-0.15, -0.1) is 11.3 Å². The van der Waals surface area contributed by atoms with Crippen molar-refractivity contribution in [2.45, 2.75) is 19.4 Å². The first-order valence-corrected chi connectivity index (χ1v) is 7.38. The molecule has 20 heavy (non-hydrogen) atoms. The summed E-state index contributed by atoms with van der Waals surface area (Å²) in [6.07, 6.45) is 4.17. The van der Waals surface area contributed by atoms with E-state index in [-0.39, 0.29) is 11.9 Å². The molecule has 1 aromatic carbocycles. The van der Waals surface area contributed by atoms with Crippen molar-refractivity contribution in [2.24, 2.45) is 0 Å². The molecule has 3 nitrogen and oxygen atoms in total. The lowest BCUT2D eigenvalue weighted by molar-refractivity contribution is -0.117. The molecule has 0 aliphatic heterocycles. The second kappa shape index (κ2) is 6.91. The SMILES string of the molecule is CC(Cc1cccs1)NC(=O)/C=C/c1cccc(N)c1. The topological polar surface area (TPSA) is 55.1 Å². The fourth-order valence-corrected chi connectivity index (χ4v) is 2.74. The van der Waals surface area contributed by atoms with E-state index in [2.05, 4.69) is 11.4 Å². The third-order valence-corrected chi connectivity index (χ3v) is 3.71. The van der Waals surface area contributed by atoms with Crippen molar-refractivity contribution < 1.29 is 4.79 Å². The van der Waals surface area contributed by atoms with E-state index in [1.165, 1.54) is 4.88 Å². The van der Waals surface area contributed by atoms with E-state index in [9.17, 15) is 4.79 Å². The van der Waals surface area contributed by atoms with Crippen molar-refractivity contribution >= 4 is 29.0 Å². The van der Waals surface area contributed by atoms with Crippen LogP contribution in [0.3, 0.4) is 0 Å². The molecule has 1 atom stereocenters. The summed E-state index contributed by atoms with van der Waals surface area (Å²) in [6, 6.07) is 11.7. The zero-order valence-corrected chi connectivity index (χ0v) is 12.2. The summed E-state index contributed by atoms with van der Waals surface area (Å²) in [5.41, 5.74) is 7.30. The van der Waals surface area contributed by atoms with Crippen LogP contribution in [0, 0.1) is 0 Å². The van der Waals surface area contributed by atoms with Gasteiger partial charge < -0.3 is 11.1 Å². The molecule has 0 saturated heterocycles. The van der Waals surface area contributed by atoms with E-state index in [0.717, 1.165) is 12.0 Å². The molecule has 0 spiro atoms. The summed E-state index contributed by atoms with van der Waals surface area (Å²) < 4.78 is 0. The molecule has 4 heteroatoms. The predicted octanol–water partition coefficient (Wildman–Crippen LogP) is 3.09. The summed E-state index contributed by atoms with van der Waals surface area (Å²) in [5.74, 6) is -0.0866. The van der Waals surface area contributed by atoms with Gasteiger partial charge in [0.15, 0.2) is 0 Å². The molecule has 0 fully saturated rings. The number of nitrogens with one attached hydrogen (secondary N) is 1. The summed E-state index contributed by atoms with van der Waals surface area (Å²) in [4.78, 5) is 13.1. The van der Waals surface area contributed by atoms with E-state index >= 15 is 0 Å². The van der Waals surface area contributed by atoms with Crippen LogP contribution in [0.15, 0.2) is 47.9 Å². The summed E-state index contributed by atoms with van der Waals surface area (Å²) in [5, 5.41) is 5.00. The maximum Gasteiger partial charge on any atom is 0.244 e. The Labute approximate surface area is 123 Å². The number of rotatable bonds is 5. The van der Waals surface area contributed by atoms with Crippen LogP contribution in [0.1, 0.15) is 17.4 Å². The Bertz CT molecular complexity index is 590. The van der Waals surface area contributed by atoms with Crippen molar-refractivity contribution in [2.75, 3.05) is 5.73 Å². The highest BCUT2D eigenvalue weighted by molar-refractivity contribution is 7.09. The average molecular weight is 286 g/mol. The largest absolute Gasteiger partial charge is 0.399 e. The van der Waals surface area contributed by atoms with Gasteiger partial charge in [-0.3, -0.25) is 4.79 Å². The van der Waals surface area contributed by atoms with E-state index in [1.807, 2.05) is 42.6 Å². The van der Waals surface area contributed by atoms with Gasteiger partial charge in [0, 0.05) is 29.1 Å². The molecule has 0 radical (unpaired) electrons. The van der Waals surface area contributed by atoms with Gasteiger partial charge in [-0.1, -0.05) is 18.2 Å². The molecule has 0 aliphatic rings. The Morgan fingerprint density at radius 1 is 1.40 bits per heavy atom. The number of amides is 1. The molecule has 0 bridgehead atoms. The van der Waals surface area contributed by atoms with Crippen LogP contribution >= 0.6 is 11.3 Å². The standard InChI is InChI=1S/C16H18N2OS/c1-12(10-15-6-3-9-20-15)18-16(19)8-7-13-4-2-5-14(17)11-13/h2-9,11-12H,10,17H2,1H3,(H,18,19)/b8-7+. The van der Waals surface area contributed by atoms with Gasteiger partial charge in [0.05, 0.1) is 0 Å². The highest BCUT2D eigenvalue weighted by Crippen LogP contribution is 2.11. The highest BCUT2D eigenvalue weighted by atomic mass is 32.1. The van der Waals surface area contributed by atoms with Gasteiger partial charge in [0.1, 0.15) is 0 Å². The fraction of sp³-hybridized carbons (Fsp3) is 0.188. The lowest BCUT2D eigenvalue weighted by Gasteiger charge is -2.10. The van der Waals surface area contributed by atoms with Crippen LogP contribution in [-0.2, 0) is 11.2 Å². The van der Waals surface area contributed by atoms with Crippen LogP contribution in [0.4, 0.5) is 5.69 Å². The van der Waals surface area contributed by atoms with Crippen molar-refractivity contribution in [3.05, 3.63) is 58.3 Å². The quantitative estimate of drug-likeness (QED) is 0.655. The number of anilines is 1. The first-order chi connectivity index (χ1) is 9.63. The first-order valence-electron chi connectivity index (χ1n) is 6.50. The van der Waals surface area contributed by atoms with Gasteiger partial charge in [0.25, 0.3) is 0 Å². The second-order valence-electron chi connectivity index (χ2n) is 4.70. The molecule has 1 unspecified atom stereocenters. The number of hydrogen-bond donors (Lipinski definition) is 2. The van der Waals surface area contributed by atoms with Crippen molar-refractivity contribution in [3.8, 4) is 0 Å². The van der Waals surface area contributed by atoms with E-state index in [1.54, 1.807) is 23.5 Å². The molecule has 104 valence electrons. The lowest BCUT2D eigenvalue weighted by Crippen LogP contribution is -2.32. The van der Waals surface area contributed by atoms with Crippen LogP contribution in [0.2, 0.25) is 0 Å². The fourth-order valence-electron chi connectivity index (χ4n) is 1.91. The minimum absolute atomic E-state index is 0.0866. The normalized spacial score (nSPS) is 12.4. The first kappa shape index (κ1) is 14.3. The van der Waals surface area contributed by atoms with Crippen molar-refractivity contribution in [1.82, 2.24) is 5.32 Å². The second-order valence-corrected chi connectivity index (χ2v) is 5.73. The number of carbonyl (C=O) groups is 1. The van der Waals surface area contributed by atoms with Gasteiger partial charge >= 0.3 is 0 Å². The Kier molecular flexibility index (Phi) is 4.96. The van der Waals surface area contributed by atoms with E-state index < -0.39 is 0 Å². The molecule has 2 rings (SSSR count). The zero-order chi connectivity index (χ0) is 14.4. The molecule has 0 aliphatic carbocycles. The number of thiophene rings is 1. The van der Waals surface area contributed by atoms with Crippen LogP contribution in [0.25, 0.3) is 6.08 Å². The van der Waals surface area contributed by atoms with Crippen molar-refractivity contribution in [3.63, 3.8) is 0 Å². The number of nitrogens with two attached hydrogens (primary N) is 1. The maximum atomic E-state index is 11.8. The minimum Gasteiger partial charge on any atom is -0.399 e. The van der Waals surface area contributed by atoms with E-state index in [0.29, 0.717) is 5.69 Å². The molecule has 1 amide bonds. The summed E-state index contributed by atoms with van der Waals surface area (Å²) >= 11 is 1.71. The van der Waals surface area contributed by atoms with Crippen LogP contribution < -0.4 is 11.1 Å². The van der Waals surface area contributed by atoms with E-state index in [4.69, 9.17) is 5.73 Å². The molecule has 0 saturated carbocycles. The monoisotopic (exact) mass is 286 g/mol. The van der Waals surface area contributed by atoms with Gasteiger partial charge in [-0.05, 0) is 42.1 Å². The molecule has 1 heterocycles. The van der Waals surface area contributed by atoms with Crippen molar-refractivity contribution in [1.29, 1.82) is 0 Å². The van der Waals surface area contributed by atoms with Gasteiger partial charge in [-0.2, -0.15) is 0 Å². The Balaban J connectivity index is 1.85. The third-order valence-electron chi connectivity index (χ3n) is 2.81. The Hall–Kier alpha value is -2.07. The number of carbonyl (C=O) groups excluding carboxylic acids is 1. The highest BCUT2D eigenvalue weighted by Gasteiger charge is 2.06. The zero-order valence-electron chi connectivity index (χ0n) is 11.4. The molecule has 2 aromatic rings. The predicted molar refractivity (Wildman–Crippen MR) is 85.5 cm³/mol. The smallest absolute Gasteiger partial charge is 0.244 e. The number of nitrogen functional groups attached to an aromatic ring is 1. The lowest BCUT2D eigenvalue weighted by atomic mass is 10.2. The summed E-state index contributed by atoms with van der Waals surface area (Å²) in [7, 11) is 0. The Morgan fingerprint density at radius 2 is 2.25 bits per heavy atom. The average Bonchev–Trinajstić information content (AvgIpc) is 2.89. The molecule has 3 N–H and O–H groups in total. The van der Waals surface area contributed by atoms with Crippen LogP contribution in [-0.4, -0.2) is 11.9 Å². The Morgan fingerprint density at radius 3 is 2.95 bits per heavy atom. The summed E-state index contributed by atoms with van der Waals surface area (Å²) in [6.45, 7) is 2.01. The third kappa shape index (κ3) is 4.55. The molecule has 1 aromatic heterocycles. The minimum atomic E-state index is -0.0866. The maximum absolute atomic E-state index is 11.8. The van der Waals surface area contributed by atoms with Gasteiger partial charge in [0.2, 0.25) is 5.91 Å². The van der Waals surface area contributed by atoms with Gasteiger partial charge in [-0.25, -0.2) is 0 Å². The number of hydrogen-bond acceptors (Lipinski definition) is 3. The number of benzene rings is 1. The molecular formula is C16H18N2OS. The van der Waals surface area contributed by atoms with Crippen LogP contribution in [0.5, 0.6) is 0 Å².